The average molecular weight is 459 g/mol. The molecule has 5 nitrogen and oxygen atoms in total. The Hall–Kier alpha value is -4.00. The third-order valence-corrected chi connectivity index (χ3v) is 6.58. The molecule has 7 heteroatoms. The predicted octanol–water partition coefficient (Wildman–Crippen LogP) is 4.95. The summed E-state index contributed by atoms with van der Waals surface area (Å²) < 4.78 is 32.0. The second-order valence-corrected chi connectivity index (χ2v) is 8.99. The first-order valence-electron chi connectivity index (χ1n) is 10.9. The van der Waals surface area contributed by atoms with Gasteiger partial charge in [0.1, 0.15) is 17.2 Å². The van der Waals surface area contributed by atoms with E-state index in [2.05, 4.69) is 24.1 Å². The van der Waals surface area contributed by atoms with E-state index in [1.54, 1.807) is 32.4 Å². The van der Waals surface area contributed by atoms with Crippen LogP contribution in [0.5, 0.6) is 0 Å². The van der Waals surface area contributed by atoms with Crippen LogP contribution in [-0.2, 0) is 19.5 Å². The maximum absolute atomic E-state index is 14.5. The molecule has 1 aromatic carbocycles. The van der Waals surface area contributed by atoms with Crippen molar-refractivity contribution in [1.29, 1.82) is 0 Å². The van der Waals surface area contributed by atoms with E-state index in [9.17, 15) is 18.4 Å². The summed E-state index contributed by atoms with van der Waals surface area (Å²) in [6.07, 6.45) is 12.3. The monoisotopic (exact) mass is 459 g/mol. The Bertz CT molecular complexity index is 1620. The van der Waals surface area contributed by atoms with Crippen molar-refractivity contribution in [3.05, 3.63) is 105 Å². The Kier molecular flexibility index (Phi) is 5.01. The molecule has 0 saturated heterocycles. The van der Waals surface area contributed by atoms with Gasteiger partial charge in [0.2, 0.25) is 0 Å². The Morgan fingerprint density at radius 1 is 0.971 bits per heavy atom. The molecule has 0 radical (unpaired) electrons. The number of fused-ring (bicyclic) bond motifs is 1. The fraction of sp³-hybridized carbons (Fsp3) is 0.185. The first-order valence-corrected chi connectivity index (χ1v) is 10.9. The molecule has 1 aliphatic rings. The molecule has 3 aromatic heterocycles. The van der Waals surface area contributed by atoms with Crippen LogP contribution in [0.15, 0.2) is 76.6 Å². The molecule has 5 rings (SSSR count). The molecule has 1 atom stereocenters. The molecule has 0 spiro atoms. The van der Waals surface area contributed by atoms with Crippen LogP contribution in [0.25, 0.3) is 33.3 Å². The van der Waals surface area contributed by atoms with Crippen molar-refractivity contribution in [2.75, 3.05) is 0 Å². The Labute approximate surface area is 194 Å². The van der Waals surface area contributed by atoms with E-state index in [0.717, 1.165) is 12.0 Å². The number of aromatic nitrogens is 3. The molecule has 0 fully saturated rings. The molecule has 34 heavy (non-hydrogen) atoms. The standard InChI is InChI=1S/C27H23F2N3O2/c1-27(10-5-4-6-11-27)19-15-31(2)23(33)13-16(19)18-14-32(3)26(34)25-17(18)12-22(30-25)24-20(28)8-7-9-21(24)29/h4-10,12-15,30H,11H2,1-3H3. The maximum atomic E-state index is 14.5. The summed E-state index contributed by atoms with van der Waals surface area (Å²) in [7, 11) is 3.31. The summed E-state index contributed by atoms with van der Waals surface area (Å²) in [5.41, 5.74) is 1.44. The highest BCUT2D eigenvalue weighted by Crippen LogP contribution is 2.40. The lowest BCUT2D eigenvalue weighted by atomic mass is 9.75. The van der Waals surface area contributed by atoms with Crippen molar-refractivity contribution >= 4 is 10.9 Å². The number of rotatable bonds is 3. The summed E-state index contributed by atoms with van der Waals surface area (Å²) in [6.45, 7) is 2.09. The molecule has 172 valence electrons. The minimum Gasteiger partial charge on any atom is -0.350 e. The number of hydrogen-bond acceptors (Lipinski definition) is 2. The van der Waals surface area contributed by atoms with E-state index in [4.69, 9.17) is 0 Å². The number of hydrogen-bond donors (Lipinski definition) is 1. The van der Waals surface area contributed by atoms with Crippen molar-refractivity contribution in [1.82, 2.24) is 14.1 Å². The van der Waals surface area contributed by atoms with Crippen molar-refractivity contribution in [2.24, 2.45) is 14.1 Å². The van der Waals surface area contributed by atoms with E-state index in [0.29, 0.717) is 16.5 Å². The molecule has 4 aromatic rings. The summed E-state index contributed by atoms with van der Waals surface area (Å²) in [5, 5.41) is 0.495. The van der Waals surface area contributed by atoms with E-state index < -0.39 is 11.6 Å². The zero-order valence-electron chi connectivity index (χ0n) is 19.0. The lowest BCUT2D eigenvalue weighted by Gasteiger charge is -2.30. The molecular weight excluding hydrogens is 436 g/mol. The second-order valence-electron chi connectivity index (χ2n) is 8.99. The van der Waals surface area contributed by atoms with Gasteiger partial charge in [-0.1, -0.05) is 37.3 Å². The minimum atomic E-state index is -0.731. The van der Waals surface area contributed by atoms with Crippen LogP contribution in [0.2, 0.25) is 0 Å². The van der Waals surface area contributed by atoms with Crippen LogP contribution in [0.4, 0.5) is 8.78 Å². The number of nitrogens with one attached hydrogen (secondary N) is 1. The lowest BCUT2D eigenvalue weighted by molar-refractivity contribution is 0.589. The number of aromatic amines is 1. The van der Waals surface area contributed by atoms with Crippen LogP contribution in [-0.4, -0.2) is 14.1 Å². The van der Waals surface area contributed by atoms with Crippen LogP contribution in [0, 0.1) is 11.6 Å². The van der Waals surface area contributed by atoms with E-state index in [1.165, 1.54) is 27.3 Å². The van der Waals surface area contributed by atoms with E-state index in [-0.39, 0.29) is 33.3 Å². The molecule has 1 aliphatic carbocycles. The average Bonchev–Trinajstić information content (AvgIpc) is 3.23. The first-order chi connectivity index (χ1) is 16.2. The lowest BCUT2D eigenvalue weighted by Crippen LogP contribution is -2.26. The van der Waals surface area contributed by atoms with Gasteiger partial charge in [-0.25, -0.2) is 8.78 Å². The van der Waals surface area contributed by atoms with Gasteiger partial charge in [-0.15, -0.1) is 0 Å². The van der Waals surface area contributed by atoms with Crippen LogP contribution in [0.1, 0.15) is 18.9 Å². The Morgan fingerprint density at radius 2 is 1.71 bits per heavy atom. The van der Waals surface area contributed by atoms with Gasteiger partial charge in [0.15, 0.2) is 0 Å². The SMILES string of the molecule is Cn1cc(C2(C)C=CC=CC2)c(-c2cn(C)c(=O)c3[nH]c(-c4c(F)cccc4F)cc23)cc1=O. The maximum Gasteiger partial charge on any atom is 0.274 e. The van der Waals surface area contributed by atoms with Crippen LogP contribution in [0.3, 0.4) is 0 Å². The molecule has 0 bridgehead atoms. The highest BCUT2D eigenvalue weighted by molar-refractivity contribution is 5.98. The number of allylic oxidation sites excluding steroid dienone is 4. The molecule has 0 amide bonds. The summed E-state index contributed by atoms with van der Waals surface area (Å²) >= 11 is 0. The van der Waals surface area contributed by atoms with E-state index >= 15 is 0 Å². The third-order valence-electron chi connectivity index (χ3n) is 6.58. The Morgan fingerprint density at radius 3 is 2.38 bits per heavy atom. The molecule has 0 saturated carbocycles. The van der Waals surface area contributed by atoms with Gasteiger partial charge in [-0.2, -0.15) is 0 Å². The zero-order valence-corrected chi connectivity index (χ0v) is 19.0. The summed E-state index contributed by atoms with van der Waals surface area (Å²) in [6, 6.07) is 6.77. The topological polar surface area (TPSA) is 59.8 Å². The quantitative estimate of drug-likeness (QED) is 0.471. The summed E-state index contributed by atoms with van der Waals surface area (Å²) in [5.74, 6) is -1.46. The zero-order chi connectivity index (χ0) is 24.2. The molecule has 3 heterocycles. The number of benzene rings is 1. The molecule has 1 N–H and O–H groups in total. The van der Waals surface area contributed by atoms with Crippen molar-refractivity contribution in [3.8, 4) is 22.4 Å². The Balaban J connectivity index is 1.85. The van der Waals surface area contributed by atoms with Crippen molar-refractivity contribution < 1.29 is 8.78 Å². The number of nitrogens with zero attached hydrogens (tertiary/aromatic N) is 2. The first kappa shape index (κ1) is 21.8. The van der Waals surface area contributed by atoms with Gasteiger partial charge in [-0.3, -0.25) is 9.59 Å². The predicted molar refractivity (Wildman–Crippen MR) is 130 cm³/mol. The van der Waals surface area contributed by atoms with Crippen molar-refractivity contribution in [2.45, 2.75) is 18.8 Å². The van der Waals surface area contributed by atoms with Gasteiger partial charge in [0.25, 0.3) is 11.1 Å². The molecular formula is C27H23F2N3O2. The van der Waals surface area contributed by atoms with Gasteiger partial charge >= 0.3 is 0 Å². The van der Waals surface area contributed by atoms with E-state index in [1.807, 2.05) is 18.3 Å². The van der Waals surface area contributed by atoms with Gasteiger partial charge in [-0.05, 0) is 35.7 Å². The highest BCUT2D eigenvalue weighted by atomic mass is 19.1. The number of H-pyrrole nitrogens is 1. The third kappa shape index (κ3) is 3.36. The largest absolute Gasteiger partial charge is 0.350 e. The second kappa shape index (κ2) is 7.80. The minimum absolute atomic E-state index is 0.159. The molecule has 1 unspecified atom stereocenters. The van der Waals surface area contributed by atoms with Crippen LogP contribution >= 0.6 is 0 Å². The van der Waals surface area contributed by atoms with Gasteiger partial charge in [0, 0.05) is 48.9 Å². The number of pyridine rings is 2. The van der Waals surface area contributed by atoms with Crippen LogP contribution < -0.4 is 11.1 Å². The highest BCUT2D eigenvalue weighted by Gasteiger charge is 2.29. The normalized spacial score (nSPS) is 17.6. The fourth-order valence-electron chi connectivity index (χ4n) is 4.67. The van der Waals surface area contributed by atoms with Gasteiger partial charge in [0.05, 0.1) is 11.3 Å². The number of halogens is 2. The number of aryl methyl sites for hydroxylation is 2. The van der Waals surface area contributed by atoms with Crippen molar-refractivity contribution in [3.63, 3.8) is 0 Å². The fourth-order valence-corrected chi connectivity index (χ4v) is 4.67. The van der Waals surface area contributed by atoms with Gasteiger partial charge < -0.3 is 14.1 Å². The summed E-state index contributed by atoms with van der Waals surface area (Å²) in [4.78, 5) is 28.6. The smallest absolute Gasteiger partial charge is 0.274 e. The molecule has 0 aliphatic heterocycles.